The Morgan fingerprint density at radius 2 is 1.93 bits per heavy atom. The summed E-state index contributed by atoms with van der Waals surface area (Å²) in [5.74, 6) is 0. The summed E-state index contributed by atoms with van der Waals surface area (Å²) < 4.78 is 1.11. The molecule has 0 atom stereocenters. The van der Waals surface area contributed by atoms with E-state index in [1.165, 1.54) is 5.56 Å². The van der Waals surface area contributed by atoms with E-state index in [-0.39, 0.29) is 0 Å². The van der Waals surface area contributed by atoms with E-state index < -0.39 is 5.60 Å². The molecule has 0 unspecified atom stereocenters. The van der Waals surface area contributed by atoms with Crippen LogP contribution in [-0.4, -0.2) is 28.7 Å². The molecule has 76 valence electrons. The minimum atomic E-state index is -0.463. The van der Waals surface area contributed by atoms with Gasteiger partial charge >= 0.3 is 0 Å². The monoisotopic (exact) mass is 255 g/mol. The molecule has 2 nitrogen and oxygen atoms in total. The molecule has 1 aromatic rings. The van der Waals surface area contributed by atoms with Crippen LogP contribution in [0.5, 0.6) is 0 Å². The van der Waals surface area contributed by atoms with E-state index in [4.69, 9.17) is 0 Å². The van der Waals surface area contributed by atoms with Gasteiger partial charge in [0.15, 0.2) is 0 Å². The van der Waals surface area contributed by atoms with Crippen LogP contribution in [0.1, 0.15) is 12.5 Å². The van der Waals surface area contributed by atoms with Crippen LogP contribution < -0.4 is 0 Å². The fourth-order valence-corrected chi connectivity index (χ4v) is 2.14. The molecule has 0 aromatic heterocycles. The number of nitrogens with zero attached hydrogens (tertiary/aromatic N) is 1. The van der Waals surface area contributed by atoms with Crippen molar-refractivity contribution in [3.8, 4) is 0 Å². The van der Waals surface area contributed by atoms with Gasteiger partial charge in [-0.3, -0.25) is 4.90 Å². The highest BCUT2D eigenvalue weighted by atomic mass is 79.9. The fraction of sp³-hybridized carbons (Fsp3) is 0.455. The Balaban J connectivity index is 1.90. The van der Waals surface area contributed by atoms with E-state index in [1.807, 2.05) is 19.1 Å². The summed E-state index contributed by atoms with van der Waals surface area (Å²) in [7, 11) is 0. The van der Waals surface area contributed by atoms with Crippen molar-refractivity contribution in [2.24, 2.45) is 0 Å². The number of benzene rings is 1. The van der Waals surface area contributed by atoms with E-state index >= 15 is 0 Å². The molecule has 0 aliphatic carbocycles. The molecule has 1 aliphatic rings. The summed E-state index contributed by atoms with van der Waals surface area (Å²) in [6, 6.07) is 8.31. The van der Waals surface area contributed by atoms with Crippen molar-refractivity contribution in [2.45, 2.75) is 19.1 Å². The topological polar surface area (TPSA) is 23.5 Å². The zero-order valence-electron chi connectivity index (χ0n) is 8.20. The highest BCUT2D eigenvalue weighted by Gasteiger charge is 2.35. The number of hydrogen-bond donors (Lipinski definition) is 1. The maximum atomic E-state index is 9.56. The molecule has 14 heavy (non-hydrogen) atoms. The second-order valence-electron chi connectivity index (χ2n) is 4.27. The van der Waals surface area contributed by atoms with E-state index in [0.717, 1.165) is 24.1 Å². The number of hydrogen-bond acceptors (Lipinski definition) is 2. The van der Waals surface area contributed by atoms with Crippen LogP contribution in [0.4, 0.5) is 0 Å². The highest BCUT2D eigenvalue weighted by Crippen LogP contribution is 2.22. The Hall–Kier alpha value is -0.380. The highest BCUT2D eigenvalue weighted by molar-refractivity contribution is 9.10. The molecule has 1 aliphatic heterocycles. The molecule has 1 aromatic carbocycles. The summed E-state index contributed by atoms with van der Waals surface area (Å²) in [5.41, 5.74) is 0.832. The fourth-order valence-electron chi connectivity index (χ4n) is 1.88. The molecule has 0 saturated carbocycles. The SMILES string of the molecule is CC1(O)CN(Cc2ccc(Br)cc2)C1. The lowest BCUT2D eigenvalue weighted by Gasteiger charge is -2.44. The molecular formula is C11H14BrNO. The van der Waals surface area contributed by atoms with Gasteiger partial charge in [0.2, 0.25) is 0 Å². The zero-order chi connectivity index (χ0) is 10.2. The molecule has 2 rings (SSSR count). The number of likely N-dealkylation sites (tertiary alicyclic amines) is 1. The molecule has 1 fully saturated rings. The Labute approximate surface area is 92.7 Å². The van der Waals surface area contributed by atoms with Gasteiger partial charge in [0.05, 0.1) is 5.60 Å². The van der Waals surface area contributed by atoms with Gasteiger partial charge in [-0.25, -0.2) is 0 Å². The van der Waals surface area contributed by atoms with Crippen molar-refractivity contribution < 1.29 is 5.11 Å². The first kappa shape index (κ1) is 10.1. The van der Waals surface area contributed by atoms with Crippen LogP contribution in [0.3, 0.4) is 0 Å². The quantitative estimate of drug-likeness (QED) is 0.875. The first-order chi connectivity index (χ1) is 6.55. The third-order valence-electron chi connectivity index (χ3n) is 2.45. The number of halogens is 1. The van der Waals surface area contributed by atoms with Gasteiger partial charge in [-0.15, -0.1) is 0 Å². The number of β-amino-alcohol motifs (C(OH)–C–C–N with tert-alkyl or cyclic N) is 1. The third kappa shape index (κ3) is 2.35. The van der Waals surface area contributed by atoms with Crippen molar-refractivity contribution in [3.63, 3.8) is 0 Å². The zero-order valence-corrected chi connectivity index (χ0v) is 9.79. The molecular weight excluding hydrogens is 242 g/mol. The molecule has 1 N–H and O–H groups in total. The van der Waals surface area contributed by atoms with Crippen LogP contribution in [0.15, 0.2) is 28.7 Å². The molecule has 0 spiro atoms. The van der Waals surface area contributed by atoms with Crippen molar-refractivity contribution in [3.05, 3.63) is 34.3 Å². The smallest absolute Gasteiger partial charge is 0.0872 e. The summed E-state index contributed by atoms with van der Waals surface area (Å²) in [6.45, 7) is 4.38. The van der Waals surface area contributed by atoms with Gasteiger partial charge in [0.25, 0.3) is 0 Å². The lowest BCUT2D eigenvalue weighted by Crippen LogP contribution is -2.59. The molecule has 0 amide bonds. The van der Waals surface area contributed by atoms with Gasteiger partial charge in [-0.2, -0.15) is 0 Å². The van der Waals surface area contributed by atoms with E-state index in [1.54, 1.807) is 0 Å². The largest absolute Gasteiger partial charge is 0.388 e. The van der Waals surface area contributed by atoms with Crippen LogP contribution >= 0.6 is 15.9 Å². The van der Waals surface area contributed by atoms with Crippen molar-refractivity contribution in [2.75, 3.05) is 13.1 Å². The molecule has 0 radical (unpaired) electrons. The lowest BCUT2D eigenvalue weighted by molar-refractivity contribution is -0.0871. The maximum absolute atomic E-state index is 9.56. The Morgan fingerprint density at radius 1 is 1.36 bits per heavy atom. The summed E-state index contributed by atoms with van der Waals surface area (Å²) in [5, 5.41) is 9.56. The first-order valence-electron chi connectivity index (χ1n) is 4.74. The van der Waals surface area contributed by atoms with Gasteiger partial charge in [0.1, 0.15) is 0 Å². The first-order valence-corrected chi connectivity index (χ1v) is 5.54. The maximum Gasteiger partial charge on any atom is 0.0872 e. The van der Waals surface area contributed by atoms with Gasteiger partial charge in [-0.05, 0) is 24.6 Å². The van der Waals surface area contributed by atoms with Gasteiger partial charge in [-0.1, -0.05) is 28.1 Å². The van der Waals surface area contributed by atoms with Crippen LogP contribution in [-0.2, 0) is 6.54 Å². The Bertz CT molecular complexity index is 313. The van der Waals surface area contributed by atoms with E-state index in [0.29, 0.717) is 0 Å². The molecule has 1 heterocycles. The third-order valence-corrected chi connectivity index (χ3v) is 2.98. The summed E-state index contributed by atoms with van der Waals surface area (Å²) in [6.07, 6.45) is 0. The second-order valence-corrected chi connectivity index (χ2v) is 5.18. The minimum absolute atomic E-state index is 0.463. The second kappa shape index (κ2) is 3.65. The Morgan fingerprint density at radius 3 is 2.43 bits per heavy atom. The predicted molar refractivity (Wildman–Crippen MR) is 60.0 cm³/mol. The van der Waals surface area contributed by atoms with Crippen LogP contribution in [0, 0.1) is 0 Å². The van der Waals surface area contributed by atoms with Crippen LogP contribution in [0.25, 0.3) is 0 Å². The van der Waals surface area contributed by atoms with Gasteiger partial charge < -0.3 is 5.11 Å². The summed E-state index contributed by atoms with van der Waals surface area (Å²) in [4.78, 5) is 2.24. The predicted octanol–water partition coefficient (Wildman–Crippen LogP) is 2.02. The Kier molecular flexibility index (Phi) is 2.64. The van der Waals surface area contributed by atoms with Crippen LogP contribution in [0.2, 0.25) is 0 Å². The number of rotatable bonds is 2. The van der Waals surface area contributed by atoms with Gasteiger partial charge in [0, 0.05) is 24.1 Å². The van der Waals surface area contributed by atoms with Crippen molar-refractivity contribution >= 4 is 15.9 Å². The average molecular weight is 256 g/mol. The standard InChI is InChI=1S/C11H14BrNO/c1-11(14)7-13(8-11)6-9-2-4-10(12)5-3-9/h2-5,14H,6-8H2,1H3. The van der Waals surface area contributed by atoms with E-state index in [9.17, 15) is 5.11 Å². The minimum Gasteiger partial charge on any atom is -0.388 e. The molecule has 3 heteroatoms. The lowest BCUT2D eigenvalue weighted by atomic mass is 9.96. The van der Waals surface area contributed by atoms with Crippen molar-refractivity contribution in [1.82, 2.24) is 4.90 Å². The number of aliphatic hydroxyl groups is 1. The molecule has 0 bridgehead atoms. The normalized spacial score (nSPS) is 20.5. The average Bonchev–Trinajstić information content (AvgIpc) is 2.06. The van der Waals surface area contributed by atoms with Crippen molar-refractivity contribution in [1.29, 1.82) is 0 Å². The summed E-state index contributed by atoms with van der Waals surface area (Å²) >= 11 is 3.41. The molecule has 1 saturated heterocycles. The van der Waals surface area contributed by atoms with E-state index in [2.05, 4.69) is 33.0 Å².